The van der Waals surface area contributed by atoms with Crippen molar-refractivity contribution in [2.45, 2.75) is 25.9 Å². The first kappa shape index (κ1) is 18.5. The van der Waals surface area contributed by atoms with Crippen LogP contribution in [0.1, 0.15) is 16.7 Å². The van der Waals surface area contributed by atoms with Crippen molar-refractivity contribution < 1.29 is 18.1 Å². The number of hydrogen-bond donors (Lipinski definition) is 1. The van der Waals surface area contributed by atoms with Gasteiger partial charge in [-0.1, -0.05) is 12.1 Å². The van der Waals surface area contributed by atoms with Crippen LogP contribution < -0.4 is 9.46 Å². The van der Waals surface area contributed by atoms with E-state index in [4.69, 9.17) is 4.74 Å². The Bertz CT molecular complexity index is 1170. The van der Waals surface area contributed by atoms with Crippen molar-refractivity contribution in [2.75, 3.05) is 11.8 Å². The van der Waals surface area contributed by atoms with Crippen molar-refractivity contribution in [2.24, 2.45) is 0 Å². The molecule has 0 aliphatic carbocycles. The first-order valence-corrected chi connectivity index (χ1v) is 9.18. The van der Waals surface area contributed by atoms with Gasteiger partial charge in [-0.05, 0) is 26.3 Å². The molecule has 12 heteroatoms. The lowest BCUT2D eigenvalue weighted by molar-refractivity contribution is -0.384. The summed E-state index contributed by atoms with van der Waals surface area (Å²) < 4.78 is 33.9. The second-order valence-electron chi connectivity index (χ2n) is 5.86. The summed E-state index contributed by atoms with van der Waals surface area (Å²) in [7, 11) is -2.85. The number of nitrogens with one attached hydrogen (secondary N) is 1. The van der Waals surface area contributed by atoms with E-state index in [2.05, 4.69) is 19.8 Å². The van der Waals surface area contributed by atoms with E-state index in [-0.39, 0.29) is 23.0 Å². The van der Waals surface area contributed by atoms with E-state index in [9.17, 15) is 18.5 Å². The van der Waals surface area contributed by atoms with Crippen molar-refractivity contribution >= 4 is 27.2 Å². The molecule has 1 N–H and O–H groups in total. The third kappa shape index (κ3) is 3.26. The molecular weight excluding hydrogens is 376 g/mol. The second-order valence-corrected chi connectivity index (χ2v) is 7.43. The van der Waals surface area contributed by atoms with Crippen LogP contribution in [0.5, 0.6) is 5.88 Å². The minimum Gasteiger partial charge on any atom is -0.481 e. The molecular formula is C15H16N6O5S. The van der Waals surface area contributed by atoms with E-state index in [0.29, 0.717) is 16.7 Å². The van der Waals surface area contributed by atoms with Gasteiger partial charge in [0.05, 0.1) is 12.0 Å². The van der Waals surface area contributed by atoms with Crippen LogP contribution in [-0.2, 0) is 10.0 Å². The average molecular weight is 392 g/mol. The van der Waals surface area contributed by atoms with Crippen molar-refractivity contribution in [3.8, 4) is 5.88 Å². The topological polar surface area (TPSA) is 142 Å². The lowest BCUT2D eigenvalue weighted by atomic mass is 10.1. The Kier molecular flexibility index (Phi) is 4.43. The molecule has 0 bridgehead atoms. The monoisotopic (exact) mass is 392 g/mol. The molecule has 11 nitrogen and oxygen atoms in total. The molecule has 0 amide bonds. The summed E-state index contributed by atoms with van der Waals surface area (Å²) in [5.74, 6) is 0.310. The van der Waals surface area contributed by atoms with Gasteiger partial charge in [0.1, 0.15) is 5.69 Å². The van der Waals surface area contributed by atoms with Gasteiger partial charge in [-0.25, -0.2) is 4.52 Å². The largest absolute Gasteiger partial charge is 0.481 e. The van der Waals surface area contributed by atoms with Gasteiger partial charge in [-0.3, -0.25) is 14.8 Å². The van der Waals surface area contributed by atoms with Crippen LogP contribution in [-0.4, -0.2) is 40.0 Å². The van der Waals surface area contributed by atoms with E-state index in [1.54, 1.807) is 26.0 Å². The van der Waals surface area contributed by atoms with Crippen LogP contribution in [0, 0.1) is 30.9 Å². The van der Waals surface area contributed by atoms with Gasteiger partial charge in [0.25, 0.3) is 26.6 Å². The standard InChI is InChI=1S/C15H16N6O5S/c1-8-5-6-9(2)12(21(22)23)11(8)19-27(24,25)15-17-14-16-13(26-4)10(3)7-20(14)18-15/h5-7,19H,1-4H3. The van der Waals surface area contributed by atoms with E-state index >= 15 is 0 Å². The van der Waals surface area contributed by atoms with Crippen LogP contribution in [0.25, 0.3) is 5.78 Å². The number of nitro benzene ring substituents is 1. The van der Waals surface area contributed by atoms with Gasteiger partial charge in [0.15, 0.2) is 0 Å². The second kappa shape index (κ2) is 6.46. The summed E-state index contributed by atoms with van der Waals surface area (Å²) >= 11 is 0. The minimum absolute atomic E-state index is 0.0216. The van der Waals surface area contributed by atoms with Crippen LogP contribution >= 0.6 is 0 Å². The summed E-state index contributed by atoms with van der Waals surface area (Å²) in [5.41, 5.74) is 0.916. The Morgan fingerprint density at radius 3 is 2.44 bits per heavy atom. The minimum atomic E-state index is -4.28. The Morgan fingerprint density at radius 2 is 1.81 bits per heavy atom. The normalized spacial score (nSPS) is 11.6. The number of fused-ring (bicyclic) bond motifs is 1. The van der Waals surface area contributed by atoms with Crippen LogP contribution in [0.3, 0.4) is 0 Å². The van der Waals surface area contributed by atoms with Crippen molar-refractivity contribution in [1.29, 1.82) is 0 Å². The number of sulfonamides is 1. The molecule has 0 spiro atoms. The third-order valence-corrected chi connectivity index (χ3v) is 5.02. The van der Waals surface area contributed by atoms with E-state index < -0.39 is 20.1 Å². The molecule has 2 aromatic heterocycles. The Balaban J connectivity index is 2.10. The van der Waals surface area contributed by atoms with Crippen molar-refractivity contribution in [1.82, 2.24) is 19.6 Å². The molecule has 0 saturated carbocycles. The predicted molar refractivity (Wildman–Crippen MR) is 95.4 cm³/mol. The van der Waals surface area contributed by atoms with Gasteiger partial charge in [-0.15, -0.1) is 5.10 Å². The van der Waals surface area contributed by atoms with Crippen LogP contribution in [0.4, 0.5) is 11.4 Å². The van der Waals surface area contributed by atoms with Gasteiger partial charge in [0.2, 0.25) is 5.88 Å². The highest BCUT2D eigenvalue weighted by Gasteiger charge is 2.28. The van der Waals surface area contributed by atoms with E-state index in [1.807, 2.05) is 0 Å². The molecule has 3 rings (SSSR count). The van der Waals surface area contributed by atoms with E-state index in [1.165, 1.54) is 24.7 Å². The maximum Gasteiger partial charge on any atom is 0.299 e. The quantitative estimate of drug-likeness (QED) is 0.511. The van der Waals surface area contributed by atoms with Crippen LogP contribution in [0.2, 0.25) is 0 Å². The number of rotatable bonds is 5. The smallest absolute Gasteiger partial charge is 0.299 e. The fourth-order valence-corrected chi connectivity index (χ4v) is 3.55. The van der Waals surface area contributed by atoms with Crippen LogP contribution in [0.15, 0.2) is 23.5 Å². The number of nitrogens with zero attached hydrogens (tertiary/aromatic N) is 5. The number of benzene rings is 1. The summed E-state index contributed by atoms with van der Waals surface area (Å²) in [4.78, 5) is 18.7. The molecule has 0 unspecified atom stereocenters. The highest BCUT2D eigenvalue weighted by molar-refractivity contribution is 7.92. The first-order valence-electron chi connectivity index (χ1n) is 7.69. The highest BCUT2D eigenvalue weighted by Crippen LogP contribution is 2.33. The maximum atomic E-state index is 12.7. The van der Waals surface area contributed by atoms with Crippen molar-refractivity contribution in [3.63, 3.8) is 0 Å². The van der Waals surface area contributed by atoms with Gasteiger partial charge >= 0.3 is 0 Å². The molecule has 0 saturated heterocycles. The zero-order valence-corrected chi connectivity index (χ0v) is 15.7. The number of aryl methyl sites for hydroxylation is 3. The lowest BCUT2D eigenvalue weighted by Crippen LogP contribution is -2.17. The number of methoxy groups -OCH3 is 1. The molecule has 142 valence electrons. The summed E-state index contributed by atoms with van der Waals surface area (Å²) in [6.07, 6.45) is 1.52. The van der Waals surface area contributed by atoms with Crippen molar-refractivity contribution in [3.05, 3.63) is 45.1 Å². The molecule has 0 aliphatic heterocycles. The Labute approximate surface area is 154 Å². The van der Waals surface area contributed by atoms with Gasteiger partial charge in [-0.2, -0.15) is 18.4 Å². The van der Waals surface area contributed by atoms with Gasteiger partial charge in [0, 0.05) is 17.3 Å². The third-order valence-electron chi connectivity index (χ3n) is 3.89. The molecule has 3 aromatic rings. The predicted octanol–water partition coefficient (Wildman–Crippen LogP) is 1.77. The Hall–Kier alpha value is -3.28. The molecule has 0 atom stereocenters. The fraction of sp³-hybridized carbons (Fsp3) is 0.267. The summed E-state index contributed by atoms with van der Waals surface area (Å²) in [6.45, 7) is 4.81. The molecule has 2 heterocycles. The lowest BCUT2D eigenvalue weighted by Gasteiger charge is -2.10. The SMILES string of the molecule is COc1nc2nc(S(=O)(=O)Nc3c(C)ccc(C)c3[N+](=O)[O-])nn2cc1C. The van der Waals surface area contributed by atoms with E-state index in [0.717, 1.165) is 0 Å². The zero-order valence-electron chi connectivity index (χ0n) is 14.9. The molecule has 27 heavy (non-hydrogen) atoms. The first-order chi connectivity index (χ1) is 12.6. The zero-order chi connectivity index (χ0) is 19.9. The Morgan fingerprint density at radius 1 is 1.15 bits per heavy atom. The molecule has 0 radical (unpaired) electrons. The number of anilines is 1. The summed E-state index contributed by atoms with van der Waals surface area (Å²) in [6, 6.07) is 3.14. The average Bonchev–Trinajstić information content (AvgIpc) is 3.00. The number of nitro groups is 1. The number of ether oxygens (including phenoxy) is 1. The number of hydrogen-bond acceptors (Lipinski definition) is 8. The van der Waals surface area contributed by atoms with Gasteiger partial charge < -0.3 is 4.74 Å². The fourth-order valence-electron chi connectivity index (χ4n) is 2.54. The molecule has 0 fully saturated rings. The number of aromatic nitrogens is 4. The molecule has 1 aromatic carbocycles. The maximum absolute atomic E-state index is 12.7. The summed E-state index contributed by atoms with van der Waals surface area (Å²) in [5, 5.41) is 14.7. The molecule has 0 aliphatic rings. The highest BCUT2D eigenvalue weighted by atomic mass is 32.2.